The summed E-state index contributed by atoms with van der Waals surface area (Å²) in [6.45, 7) is 6.25. The van der Waals surface area contributed by atoms with Gasteiger partial charge in [0.2, 0.25) is 0 Å². The third kappa shape index (κ3) is 5.92. The number of hydrogen-bond acceptors (Lipinski definition) is 7. The molecule has 1 unspecified atom stereocenters. The second kappa shape index (κ2) is 12.9. The van der Waals surface area contributed by atoms with Crippen LogP contribution in [0, 0.1) is 0 Å². The lowest BCUT2D eigenvalue weighted by molar-refractivity contribution is 0.0683. The van der Waals surface area contributed by atoms with E-state index in [9.17, 15) is 9.59 Å². The molecule has 1 aliphatic carbocycles. The molecule has 0 radical (unpaired) electrons. The van der Waals surface area contributed by atoms with Crippen LogP contribution in [0.2, 0.25) is 0 Å². The smallest absolute Gasteiger partial charge is 0.343 e. The van der Waals surface area contributed by atoms with Gasteiger partial charge in [0, 0.05) is 18.2 Å². The van der Waals surface area contributed by atoms with Crippen LogP contribution in [0.25, 0.3) is 11.1 Å². The quantitative estimate of drug-likeness (QED) is 0.140. The van der Waals surface area contributed by atoms with Crippen LogP contribution in [0.5, 0.6) is 23.0 Å². The average molecular weight is 592 g/mol. The van der Waals surface area contributed by atoms with Crippen LogP contribution in [0.4, 0.5) is 0 Å². The molecular weight excluding hydrogens is 554 g/mol. The standard InChI is InChI=1S/C37H37NO6/c1-4-21-41-28-14-9-25(10-15-28)36(39)43-32-18-13-27-23-31-33-24(19-20-38(31)3)7-6-8-30(33)34(27)35(32)44-37(40)26-11-16-29(17-12-26)42-22-5-2/h6-18,31H,4-5,19-23H2,1-3H3. The Hall–Kier alpha value is -4.62. The largest absolute Gasteiger partial charge is 0.494 e. The molecule has 0 saturated carbocycles. The molecule has 1 heterocycles. The Labute approximate surface area is 258 Å². The molecule has 4 aromatic carbocycles. The zero-order valence-electron chi connectivity index (χ0n) is 25.4. The van der Waals surface area contributed by atoms with Crippen LogP contribution in [0.1, 0.15) is 70.1 Å². The van der Waals surface area contributed by atoms with Gasteiger partial charge in [0.1, 0.15) is 11.5 Å². The summed E-state index contributed by atoms with van der Waals surface area (Å²) in [7, 11) is 2.15. The van der Waals surface area contributed by atoms with Gasteiger partial charge in [-0.2, -0.15) is 0 Å². The van der Waals surface area contributed by atoms with Gasteiger partial charge in [0.05, 0.1) is 24.3 Å². The van der Waals surface area contributed by atoms with Crippen LogP contribution < -0.4 is 18.9 Å². The molecule has 0 fully saturated rings. The molecule has 0 saturated heterocycles. The van der Waals surface area contributed by atoms with Crippen molar-refractivity contribution in [2.75, 3.05) is 26.8 Å². The topological polar surface area (TPSA) is 74.3 Å². The molecule has 4 aromatic rings. The van der Waals surface area contributed by atoms with Gasteiger partial charge in [-0.15, -0.1) is 0 Å². The molecule has 226 valence electrons. The first-order valence-corrected chi connectivity index (χ1v) is 15.3. The molecule has 2 aliphatic rings. The number of rotatable bonds is 10. The predicted molar refractivity (Wildman–Crippen MR) is 169 cm³/mol. The summed E-state index contributed by atoms with van der Waals surface area (Å²) in [5, 5.41) is 0. The maximum Gasteiger partial charge on any atom is 0.343 e. The van der Waals surface area contributed by atoms with Crippen LogP contribution in [-0.4, -0.2) is 43.6 Å². The number of carbonyl (C=O) groups is 2. The fourth-order valence-corrected chi connectivity index (χ4v) is 5.96. The first kappa shape index (κ1) is 29.5. The lowest BCUT2D eigenvalue weighted by atomic mass is 9.77. The van der Waals surface area contributed by atoms with Crippen molar-refractivity contribution in [2.24, 2.45) is 0 Å². The Kier molecular flexibility index (Phi) is 8.66. The fraction of sp³-hybridized carbons (Fsp3) is 0.297. The van der Waals surface area contributed by atoms with Crippen LogP contribution in [0.3, 0.4) is 0 Å². The van der Waals surface area contributed by atoms with Gasteiger partial charge < -0.3 is 18.9 Å². The van der Waals surface area contributed by atoms with Crippen molar-refractivity contribution in [3.8, 4) is 34.1 Å². The van der Waals surface area contributed by atoms with Crippen LogP contribution in [-0.2, 0) is 12.8 Å². The summed E-state index contributed by atoms with van der Waals surface area (Å²) in [5.41, 5.74) is 6.11. The summed E-state index contributed by atoms with van der Waals surface area (Å²) < 4.78 is 23.5. The summed E-state index contributed by atoms with van der Waals surface area (Å²) in [4.78, 5) is 29.3. The van der Waals surface area contributed by atoms with E-state index in [2.05, 4.69) is 24.1 Å². The molecule has 0 N–H and O–H groups in total. The average Bonchev–Trinajstić information content (AvgIpc) is 3.05. The van der Waals surface area contributed by atoms with Gasteiger partial charge in [-0.05, 0) is 110 Å². The minimum atomic E-state index is -0.551. The Bertz CT molecular complexity index is 1660. The summed E-state index contributed by atoms with van der Waals surface area (Å²) in [5.74, 6) is 0.717. The van der Waals surface area contributed by atoms with Crippen LogP contribution >= 0.6 is 0 Å². The second-order valence-corrected chi connectivity index (χ2v) is 11.3. The predicted octanol–water partition coefficient (Wildman–Crippen LogP) is 7.45. The molecule has 1 aliphatic heterocycles. The minimum absolute atomic E-state index is 0.191. The maximum absolute atomic E-state index is 13.6. The van der Waals surface area contributed by atoms with Crippen molar-refractivity contribution < 1.29 is 28.5 Å². The molecule has 0 amide bonds. The third-order valence-corrected chi connectivity index (χ3v) is 8.21. The summed E-state index contributed by atoms with van der Waals surface area (Å²) >= 11 is 0. The van der Waals surface area contributed by atoms with E-state index in [0.29, 0.717) is 35.8 Å². The Morgan fingerprint density at radius 3 is 1.98 bits per heavy atom. The highest BCUT2D eigenvalue weighted by Gasteiger charge is 2.35. The van der Waals surface area contributed by atoms with Crippen molar-refractivity contribution in [3.05, 3.63) is 107 Å². The van der Waals surface area contributed by atoms with Gasteiger partial charge in [-0.1, -0.05) is 38.1 Å². The zero-order valence-corrected chi connectivity index (χ0v) is 25.4. The number of carbonyl (C=O) groups excluding carboxylic acids is 2. The number of nitrogens with zero attached hydrogens (tertiary/aromatic N) is 1. The normalized spacial score (nSPS) is 15.1. The maximum atomic E-state index is 13.6. The molecular formula is C37H37NO6. The third-order valence-electron chi connectivity index (χ3n) is 8.21. The molecule has 0 spiro atoms. The molecule has 44 heavy (non-hydrogen) atoms. The second-order valence-electron chi connectivity index (χ2n) is 11.3. The number of ether oxygens (including phenoxy) is 4. The lowest BCUT2D eigenvalue weighted by Crippen LogP contribution is -2.35. The highest BCUT2D eigenvalue weighted by Crippen LogP contribution is 2.51. The summed E-state index contributed by atoms with van der Waals surface area (Å²) in [6, 6.07) is 24.0. The first-order valence-electron chi connectivity index (χ1n) is 15.3. The van der Waals surface area contributed by atoms with Gasteiger partial charge in [0.15, 0.2) is 11.5 Å². The summed E-state index contributed by atoms with van der Waals surface area (Å²) in [6.07, 6.45) is 3.49. The monoisotopic (exact) mass is 591 g/mol. The highest BCUT2D eigenvalue weighted by molar-refractivity contribution is 5.96. The van der Waals surface area contributed by atoms with E-state index in [-0.39, 0.29) is 17.5 Å². The van der Waals surface area contributed by atoms with Crippen molar-refractivity contribution in [3.63, 3.8) is 0 Å². The van der Waals surface area contributed by atoms with Gasteiger partial charge >= 0.3 is 11.9 Å². The molecule has 7 nitrogen and oxygen atoms in total. The first-order chi connectivity index (χ1) is 21.5. The number of likely N-dealkylation sites (N-methyl/N-ethyl adjacent to an activating group) is 1. The van der Waals surface area contributed by atoms with Crippen molar-refractivity contribution in [1.82, 2.24) is 4.90 Å². The van der Waals surface area contributed by atoms with Crippen molar-refractivity contribution in [1.29, 1.82) is 0 Å². The van der Waals surface area contributed by atoms with Crippen molar-refractivity contribution >= 4 is 11.9 Å². The van der Waals surface area contributed by atoms with Crippen LogP contribution in [0.15, 0.2) is 78.9 Å². The fourth-order valence-electron chi connectivity index (χ4n) is 5.96. The Morgan fingerprint density at radius 2 is 1.36 bits per heavy atom. The van der Waals surface area contributed by atoms with E-state index in [4.69, 9.17) is 18.9 Å². The number of esters is 2. The lowest BCUT2D eigenvalue weighted by Gasteiger charge is -2.40. The minimum Gasteiger partial charge on any atom is -0.494 e. The SMILES string of the molecule is CCCOc1ccc(C(=O)Oc2ccc3c(c2OC(=O)c2ccc(OCCC)cc2)-c2cccc4c2C(C3)N(C)CC4)cc1. The van der Waals surface area contributed by atoms with E-state index < -0.39 is 11.9 Å². The number of hydrogen-bond donors (Lipinski definition) is 0. The highest BCUT2D eigenvalue weighted by atomic mass is 16.6. The van der Waals surface area contributed by atoms with E-state index in [1.54, 1.807) is 54.6 Å². The molecule has 0 bridgehead atoms. The van der Waals surface area contributed by atoms with E-state index in [0.717, 1.165) is 48.9 Å². The molecule has 7 heteroatoms. The Morgan fingerprint density at radius 1 is 0.750 bits per heavy atom. The van der Waals surface area contributed by atoms with E-state index in [1.165, 1.54) is 11.1 Å². The van der Waals surface area contributed by atoms with Gasteiger partial charge in [0.25, 0.3) is 0 Å². The van der Waals surface area contributed by atoms with E-state index in [1.807, 2.05) is 26.0 Å². The Balaban J connectivity index is 1.38. The molecule has 1 atom stereocenters. The number of fused-ring (bicyclic) bond motifs is 2. The van der Waals surface area contributed by atoms with Crippen molar-refractivity contribution in [2.45, 2.75) is 45.6 Å². The van der Waals surface area contributed by atoms with Gasteiger partial charge in [-0.3, -0.25) is 4.90 Å². The van der Waals surface area contributed by atoms with E-state index >= 15 is 0 Å². The molecule has 6 rings (SSSR count). The van der Waals surface area contributed by atoms with Gasteiger partial charge in [-0.25, -0.2) is 9.59 Å². The molecule has 0 aromatic heterocycles. The number of benzene rings is 4. The zero-order chi connectivity index (χ0) is 30.6.